The number of hydrogen-bond acceptors (Lipinski definition) is 8. The molecule has 7 aromatic rings. The summed E-state index contributed by atoms with van der Waals surface area (Å²) in [5.41, 5.74) is 8.70. The minimum Gasteiger partial charge on any atom is -0.465 e. The van der Waals surface area contributed by atoms with Crippen LogP contribution in [0.25, 0.3) is 62.0 Å². The zero-order valence-corrected chi connectivity index (χ0v) is 56.3. The van der Waals surface area contributed by atoms with Crippen LogP contribution in [0.4, 0.5) is 11.4 Å². The normalized spacial score (nSPS) is 15.3. The van der Waals surface area contributed by atoms with Gasteiger partial charge in [0, 0.05) is 58.9 Å². The van der Waals surface area contributed by atoms with Crippen LogP contribution in [0.3, 0.4) is 0 Å². The monoisotopic (exact) mass is 1200 g/mol. The number of benzene rings is 3. The Kier molecular flexibility index (Phi) is 21.4. The van der Waals surface area contributed by atoms with Gasteiger partial charge in [0.05, 0.1) is 44.6 Å². The number of thiophene rings is 4. The van der Waals surface area contributed by atoms with Crippen LogP contribution in [-0.2, 0) is 31.6 Å². The summed E-state index contributed by atoms with van der Waals surface area (Å²) in [6, 6.07) is 26.8. The van der Waals surface area contributed by atoms with Gasteiger partial charge in [-0.1, -0.05) is 197 Å². The van der Waals surface area contributed by atoms with Crippen molar-refractivity contribution in [3.05, 3.63) is 105 Å². The molecule has 6 nitrogen and oxygen atoms in total. The summed E-state index contributed by atoms with van der Waals surface area (Å²) >= 11 is 7.28. The second-order valence-corrected chi connectivity index (χ2v) is 30.7. The summed E-state index contributed by atoms with van der Waals surface area (Å²) in [6.07, 6.45) is 23.7. The molecule has 3 aromatic carbocycles. The van der Waals surface area contributed by atoms with Crippen LogP contribution in [0.5, 0.6) is 0 Å². The third-order valence-corrected chi connectivity index (χ3v) is 23.5. The Morgan fingerprint density at radius 3 is 1.45 bits per heavy atom. The third-order valence-electron chi connectivity index (χ3n) is 17.8. The van der Waals surface area contributed by atoms with E-state index in [4.69, 9.17) is 4.74 Å². The topological polar surface area (TPSA) is 66.9 Å². The molecule has 0 saturated heterocycles. The maximum atomic E-state index is 15.9. The number of esters is 1. The third kappa shape index (κ3) is 13.9. The number of carbonyl (C=O) groups excluding carboxylic acids is 3. The highest BCUT2D eigenvalue weighted by Crippen LogP contribution is 2.52. The van der Waals surface area contributed by atoms with Gasteiger partial charge in [0.15, 0.2) is 0 Å². The van der Waals surface area contributed by atoms with Gasteiger partial charge in [0.1, 0.15) is 0 Å². The van der Waals surface area contributed by atoms with E-state index in [9.17, 15) is 4.79 Å². The molecule has 0 saturated carbocycles. The second-order valence-electron chi connectivity index (χ2n) is 26.5. The summed E-state index contributed by atoms with van der Waals surface area (Å²) in [6.45, 7) is 26.2. The molecule has 2 amide bonds. The van der Waals surface area contributed by atoms with Gasteiger partial charge >= 0.3 is 5.97 Å². The number of aryl methyl sites for hydroxylation is 1. The van der Waals surface area contributed by atoms with Gasteiger partial charge in [-0.3, -0.25) is 9.59 Å². The maximum Gasteiger partial charge on any atom is 0.338 e. The summed E-state index contributed by atoms with van der Waals surface area (Å²) in [5.74, 6) is 0.379. The molecule has 0 aliphatic carbocycles. The number of carbonyl (C=O) groups is 3. The van der Waals surface area contributed by atoms with Crippen molar-refractivity contribution in [3.63, 3.8) is 0 Å². The Bertz CT molecular complexity index is 3460. The lowest BCUT2D eigenvalue weighted by Crippen LogP contribution is -2.34. The second kappa shape index (κ2) is 28.3. The number of unbranched alkanes of at least 4 members (excludes halogenated alkanes) is 11. The molecule has 0 radical (unpaired) electrons. The zero-order valence-electron chi connectivity index (χ0n) is 53.0. The number of ether oxygens (including phenoxy) is 1. The molecule has 0 spiro atoms. The van der Waals surface area contributed by atoms with Crippen molar-refractivity contribution in [1.82, 2.24) is 0 Å². The molecule has 2 aliphatic rings. The Morgan fingerprint density at radius 2 is 0.952 bits per heavy atom. The molecule has 4 aromatic heterocycles. The first-order valence-corrected chi connectivity index (χ1v) is 35.7. The highest BCUT2D eigenvalue weighted by Gasteiger charge is 2.43. The minimum absolute atomic E-state index is 0.0338. The molecule has 84 heavy (non-hydrogen) atoms. The van der Waals surface area contributed by atoms with Crippen LogP contribution in [0.2, 0.25) is 0 Å². The van der Waals surface area contributed by atoms with E-state index in [2.05, 4.69) is 159 Å². The Labute approximate surface area is 520 Å². The molecule has 2 aliphatic heterocycles. The molecule has 0 fully saturated rings. The van der Waals surface area contributed by atoms with Gasteiger partial charge in [-0.05, 0) is 132 Å². The number of hydrogen-bond donors (Lipinski definition) is 0. The van der Waals surface area contributed by atoms with Crippen molar-refractivity contribution in [2.45, 2.75) is 222 Å². The van der Waals surface area contributed by atoms with Crippen molar-refractivity contribution in [2.24, 2.45) is 11.8 Å². The molecule has 0 bridgehead atoms. The Balaban J connectivity index is 1.17. The molecule has 2 unspecified atom stereocenters. The Morgan fingerprint density at radius 1 is 0.476 bits per heavy atom. The van der Waals surface area contributed by atoms with Crippen LogP contribution < -0.4 is 9.80 Å². The number of fused-ring (bicyclic) bond motifs is 5. The molecule has 2 atom stereocenters. The van der Waals surface area contributed by atoms with E-state index in [1.807, 2.05) is 34.0 Å². The van der Waals surface area contributed by atoms with Crippen LogP contribution in [0.15, 0.2) is 72.8 Å². The zero-order chi connectivity index (χ0) is 59.9. The fourth-order valence-corrected chi connectivity index (χ4v) is 17.6. The van der Waals surface area contributed by atoms with Crippen LogP contribution in [0.1, 0.15) is 241 Å². The molecule has 10 heteroatoms. The van der Waals surface area contributed by atoms with Crippen molar-refractivity contribution < 1.29 is 19.1 Å². The average molecular weight is 1210 g/mol. The van der Waals surface area contributed by atoms with Crippen molar-refractivity contribution in [3.8, 4) is 30.6 Å². The predicted molar refractivity (Wildman–Crippen MR) is 367 cm³/mol. The molecule has 0 N–H and O–H groups in total. The molecule has 6 heterocycles. The van der Waals surface area contributed by atoms with Gasteiger partial charge in [0.25, 0.3) is 11.8 Å². The molecular weight excluding hydrogens is 1110 g/mol. The number of rotatable bonds is 29. The van der Waals surface area contributed by atoms with E-state index < -0.39 is 0 Å². The predicted octanol–water partition coefficient (Wildman–Crippen LogP) is 22.9. The maximum absolute atomic E-state index is 15.9. The smallest absolute Gasteiger partial charge is 0.338 e. The van der Waals surface area contributed by atoms with Gasteiger partial charge in [-0.15, -0.1) is 45.3 Å². The first kappa shape index (κ1) is 63.6. The first-order valence-electron chi connectivity index (χ1n) is 32.4. The van der Waals surface area contributed by atoms with Crippen LogP contribution in [-0.4, -0.2) is 38.0 Å². The lowest BCUT2D eigenvalue weighted by Gasteiger charge is -2.25. The summed E-state index contributed by atoms with van der Waals surface area (Å²) in [5, 5.41) is 2.18. The highest BCUT2D eigenvalue weighted by atomic mass is 32.1. The van der Waals surface area contributed by atoms with Gasteiger partial charge in [-0.2, -0.15) is 0 Å². The van der Waals surface area contributed by atoms with Crippen molar-refractivity contribution in [1.29, 1.82) is 0 Å². The summed E-state index contributed by atoms with van der Waals surface area (Å²) in [4.78, 5) is 57.1. The van der Waals surface area contributed by atoms with E-state index in [0.29, 0.717) is 36.1 Å². The SMILES string of the molecule is CCCCCCc1c(C(=O)OC)c2cc(C(C)(C)C)sc2c2sc(-c3ccc(-c4ccc5c(c4)N(CC(CCCC)CCCCCC)C(=O)C5=C4C(=O)N(CC(CCCC)CCCCCC)c5cc(-c6ccc(C(C)(C)C)s6)ccc54)s3)cc12. The van der Waals surface area contributed by atoms with Gasteiger partial charge in [0.2, 0.25) is 0 Å². The Hall–Kier alpha value is -4.87. The largest absolute Gasteiger partial charge is 0.465 e. The van der Waals surface area contributed by atoms with Crippen LogP contribution in [0, 0.1) is 11.8 Å². The number of amides is 2. The highest BCUT2D eigenvalue weighted by molar-refractivity contribution is 7.31. The standard InChI is InChI=1S/C74H96N2O4S4/c1-13-18-23-26-31-48(29-21-16-4)46-75-57-42-50(59-38-39-61(81-59)62-44-55-52(33-28-25-20-15-3)65(72(79)80-12)56-45-64(74(9,10)11)84-69(56)68(55)83-62)34-36-53(57)66(70(75)77)67-54-37-35-51(60-40-41-63(82-60)73(6,7)8)43-58(54)76(71(67)78)47-49(30-22-17-5)32-27-24-19-14-2/h34-45,48-49H,13-33,46-47H2,1-12H3. The van der Waals surface area contributed by atoms with E-state index in [1.54, 1.807) is 11.3 Å². The molecule has 450 valence electrons. The number of anilines is 2. The lowest BCUT2D eigenvalue weighted by molar-refractivity contribution is -0.114. The molecular formula is C74H96N2O4S4. The van der Waals surface area contributed by atoms with Gasteiger partial charge < -0.3 is 14.5 Å². The average Bonchev–Trinajstić information content (AvgIpc) is 2.04. The number of methoxy groups -OCH3 is 1. The summed E-state index contributed by atoms with van der Waals surface area (Å²) in [7, 11) is 1.51. The quantitative estimate of drug-likeness (QED) is 0.0266. The van der Waals surface area contributed by atoms with E-state index >= 15 is 9.59 Å². The fourth-order valence-electron chi connectivity index (χ4n) is 12.8. The van der Waals surface area contributed by atoms with Crippen molar-refractivity contribution in [2.75, 3.05) is 30.0 Å². The molecule has 9 rings (SSSR count). The lowest BCUT2D eigenvalue weighted by atomic mass is 9.91. The van der Waals surface area contributed by atoms with Crippen LogP contribution >= 0.6 is 45.3 Å². The fraction of sp³-hybridized carbons (Fsp3) is 0.527. The van der Waals surface area contributed by atoms with E-state index in [1.165, 1.54) is 97.6 Å². The number of nitrogens with zero attached hydrogens (tertiary/aromatic N) is 2. The minimum atomic E-state index is -0.256. The summed E-state index contributed by atoms with van der Waals surface area (Å²) < 4.78 is 7.98. The van der Waals surface area contributed by atoms with Crippen molar-refractivity contribution >= 4 is 106 Å². The first-order chi connectivity index (χ1) is 40.4. The van der Waals surface area contributed by atoms with E-state index in [-0.39, 0.29) is 28.6 Å². The van der Waals surface area contributed by atoms with E-state index in [0.717, 1.165) is 138 Å². The van der Waals surface area contributed by atoms with Gasteiger partial charge in [-0.25, -0.2) is 4.79 Å².